The van der Waals surface area contributed by atoms with Gasteiger partial charge in [0, 0.05) is 31.9 Å². The third-order valence-electron chi connectivity index (χ3n) is 5.15. The van der Waals surface area contributed by atoms with Crippen molar-refractivity contribution >= 4 is 68.0 Å². The van der Waals surface area contributed by atoms with Crippen molar-refractivity contribution < 1.29 is 9.59 Å². The number of aromatic nitrogens is 2. The summed E-state index contributed by atoms with van der Waals surface area (Å²) < 4.78 is 0. The molecule has 0 saturated heterocycles. The predicted octanol–water partition coefficient (Wildman–Crippen LogP) is 7.75. The van der Waals surface area contributed by atoms with Gasteiger partial charge >= 0.3 is 0 Å². The van der Waals surface area contributed by atoms with E-state index >= 15 is 0 Å². The number of hydrogen-bond acceptors (Lipinski definition) is 6. The van der Waals surface area contributed by atoms with Gasteiger partial charge in [-0.3, -0.25) is 20.2 Å². The molecule has 6 nitrogen and oxygen atoms in total. The smallest absolute Gasteiger partial charge is 0.258 e. The van der Waals surface area contributed by atoms with Crippen LogP contribution in [0.3, 0.4) is 0 Å². The summed E-state index contributed by atoms with van der Waals surface area (Å²) in [5.74, 6) is -0.863. The normalized spacial score (nSPS) is 10.7. The summed E-state index contributed by atoms with van der Waals surface area (Å²) in [5.41, 5.74) is 3.67. The van der Waals surface area contributed by atoms with Crippen LogP contribution < -0.4 is 10.6 Å². The van der Waals surface area contributed by atoms with Crippen LogP contribution >= 0.6 is 45.9 Å². The van der Waals surface area contributed by atoms with Crippen molar-refractivity contribution in [3.05, 3.63) is 105 Å². The molecule has 0 radical (unpaired) electrons. The Balaban J connectivity index is 1.30. The van der Waals surface area contributed by atoms with Crippen LogP contribution in [0.1, 0.15) is 20.7 Å². The second kappa shape index (κ2) is 10.6. The molecular weight excluding hydrogens is 535 g/mol. The summed E-state index contributed by atoms with van der Waals surface area (Å²) >= 11 is 14.5. The summed E-state index contributed by atoms with van der Waals surface area (Å²) in [6.07, 6.45) is 0. The van der Waals surface area contributed by atoms with Crippen LogP contribution in [0.25, 0.3) is 22.5 Å². The first-order chi connectivity index (χ1) is 17.5. The Morgan fingerprint density at radius 3 is 1.39 bits per heavy atom. The molecule has 2 heterocycles. The highest BCUT2D eigenvalue weighted by Gasteiger charge is 2.19. The molecular formula is C26H16Cl2N4O2S2. The fourth-order valence-electron chi connectivity index (χ4n) is 3.38. The maximum atomic E-state index is 13.0. The van der Waals surface area contributed by atoms with Gasteiger partial charge < -0.3 is 0 Å². The maximum absolute atomic E-state index is 13.0. The monoisotopic (exact) mass is 550 g/mol. The van der Waals surface area contributed by atoms with E-state index in [9.17, 15) is 9.59 Å². The average molecular weight is 551 g/mol. The second-order valence-corrected chi connectivity index (χ2v) is 10.1. The van der Waals surface area contributed by atoms with E-state index in [-0.39, 0.29) is 11.1 Å². The van der Waals surface area contributed by atoms with Gasteiger partial charge in [-0.05, 0) is 36.4 Å². The lowest BCUT2D eigenvalue weighted by atomic mass is 10.1. The van der Waals surface area contributed by atoms with Crippen LogP contribution in [0.2, 0.25) is 10.0 Å². The molecule has 2 amide bonds. The molecule has 0 bridgehead atoms. The topological polar surface area (TPSA) is 84.0 Å². The van der Waals surface area contributed by atoms with E-state index < -0.39 is 11.8 Å². The molecule has 0 aliphatic carbocycles. The summed E-state index contributed by atoms with van der Waals surface area (Å²) in [4.78, 5) is 35.0. The molecule has 2 aromatic heterocycles. The molecule has 178 valence electrons. The lowest BCUT2D eigenvalue weighted by Crippen LogP contribution is -2.20. The van der Waals surface area contributed by atoms with Gasteiger partial charge in [-0.2, -0.15) is 0 Å². The van der Waals surface area contributed by atoms with E-state index in [1.54, 1.807) is 48.5 Å². The summed E-state index contributed by atoms with van der Waals surface area (Å²) in [5, 5.41) is 11.4. The second-order valence-electron chi connectivity index (χ2n) is 7.54. The van der Waals surface area contributed by atoms with Crippen LogP contribution in [0.4, 0.5) is 10.3 Å². The number of carbonyl (C=O) groups excluding carboxylic acids is 2. The molecule has 0 aliphatic rings. The van der Waals surface area contributed by atoms with Gasteiger partial charge in [0.2, 0.25) is 0 Å². The number of carbonyl (C=O) groups is 2. The Labute approximate surface area is 224 Å². The number of rotatable bonds is 6. The number of benzene rings is 3. The summed E-state index contributed by atoms with van der Waals surface area (Å²) in [6.45, 7) is 0. The Morgan fingerprint density at radius 2 is 1.00 bits per heavy atom. The van der Waals surface area contributed by atoms with Gasteiger partial charge in [0.05, 0.1) is 22.5 Å². The van der Waals surface area contributed by atoms with E-state index in [0.717, 1.165) is 22.5 Å². The highest BCUT2D eigenvalue weighted by Crippen LogP contribution is 2.28. The Bertz CT molecular complexity index is 1430. The first kappa shape index (κ1) is 24.1. The fraction of sp³-hybridized carbons (Fsp3) is 0. The van der Waals surface area contributed by atoms with Crippen molar-refractivity contribution in [1.82, 2.24) is 9.97 Å². The molecule has 5 aromatic rings. The van der Waals surface area contributed by atoms with E-state index in [1.807, 2.05) is 35.0 Å². The third-order valence-corrected chi connectivity index (χ3v) is 7.16. The molecule has 0 atom stereocenters. The molecule has 10 heteroatoms. The van der Waals surface area contributed by atoms with Gasteiger partial charge in [0.1, 0.15) is 0 Å². The van der Waals surface area contributed by atoms with Crippen LogP contribution in [0.15, 0.2) is 83.6 Å². The van der Waals surface area contributed by atoms with E-state index in [0.29, 0.717) is 20.3 Å². The van der Waals surface area contributed by atoms with Gasteiger partial charge in [-0.1, -0.05) is 59.6 Å². The minimum atomic E-state index is -0.432. The molecule has 0 saturated carbocycles. The van der Waals surface area contributed by atoms with Crippen molar-refractivity contribution in [2.24, 2.45) is 0 Å². The SMILES string of the molecule is O=C(Nc1nc(-c2ccc(Cl)cc2)cs1)c1ccccc1C(=O)Nc1nc(-c2ccc(Cl)cc2)cs1. The number of hydrogen-bond donors (Lipinski definition) is 2. The van der Waals surface area contributed by atoms with Crippen molar-refractivity contribution in [1.29, 1.82) is 0 Å². The third kappa shape index (κ3) is 5.47. The fourth-order valence-corrected chi connectivity index (χ4v) is 5.06. The first-order valence-electron chi connectivity index (χ1n) is 10.6. The van der Waals surface area contributed by atoms with E-state index in [2.05, 4.69) is 20.6 Å². The average Bonchev–Trinajstić information content (AvgIpc) is 3.55. The van der Waals surface area contributed by atoms with Gasteiger partial charge in [-0.15, -0.1) is 22.7 Å². The minimum absolute atomic E-state index is 0.229. The quantitative estimate of drug-likeness (QED) is 0.226. The van der Waals surface area contributed by atoms with Crippen molar-refractivity contribution in [3.63, 3.8) is 0 Å². The van der Waals surface area contributed by atoms with E-state index in [4.69, 9.17) is 23.2 Å². The number of thiazole rings is 2. The Kier molecular flexibility index (Phi) is 7.11. The zero-order valence-electron chi connectivity index (χ0n) is 18.4. The van der Waals surface area contributed by atoms with Crippen molar-refractivity contribution in [2.75, 3.05) is 10.6 Å². The Hall–Kier alpha value is -3.56. The Morgan fingerprint density at radius 1 is 0.611 bits per heavy atom. The van der Waals surface area contributed by atoms with Crippen molar-refractivity contribution in [3.8, 4) is 22.5 Å². The van der Waals surface area contributed by atoms with Gasteiger partial charge in [-0.25, -0.2) is 9.97 Å². The molecule has 0 spiro atoms. The molecule has 0 aliphatic heterocycles. The highest BCUT2D eigenvalue weighted by molar-refractivity contribution is 7.14. The number of amides is 2. The number of anilines is 2. The number of nitrogens with one attached hydrogen (secondary N) is 2. The lowest BCUT2D eigenvalue weighted by molar-refractivity contribution is 0.0990. The standard InChI is InChI=1S/C26H16Cl2N4O2S2/c27-17-9-5-15(6-10-17)21-13-35-25(29-21)31-23(33)19-3-1-2-4-20(19)24(34)32-26-30-22(14-36-26)16-7-11-18(28)12-8-16/h1-14H,(H,29,31,33)(H,30,32,34). The largest absolute Gasteiger partial charge is 0.298 e. The lowest BCUT2D eigenvalue weighted by Gasteiger charge is -2.08. The van der Waals surface area contributed by atoms with E-state index in [1.165, 1.54) is 22.7 Å². The van der Waals surface area contributed by atoms with Crippen LogP contribution in [-0.4, -0.2) is 21.8 Å². The molecule has 5 rings (SSSR count). The first-order valence-corrected chi connectivity index (χ1v) is 13.1. The van der Waals surface area contributed by atoms with Crippen molar-refractivity contribution in [2.45, 2.75) is 0 Å². The van der Waals surface area contributed by atoms with Gasteiger partial charge in [0.25, 0.3) is 11.8 Å². The maximum Gasteiger partial charge on any atom is 0.258 e. The zero-order valence-corrected chi connectivity index (χ0v) is 21.5. The van der Waals surface area contributed by atoms with Gasteiger partial charge in [0.15, 0.2) is 10.3 Å². The summed E-state index contributed by atoms with van der Waals surface area (Å²) in [6, 6.07) is 21.2. The van der Waals surface area contributed by atoms with Crippen LogP contribution in [0.5, 0.6) is 0 Å². The number of nitrogens with zero attached hydrogens (tertiary/aromatic N) is 2. The molecule has 3 aromatic carbocycles. The highest BCUT2D eigenvalue weighted by atomic mass is 35.5. The van der Waals surface area contributed by atoms with Crippen LogP contribution in [-0.2, 0) is 0 Å². The predicted molar refractivity (Wildman–Crippen MR) is 147 cm³/mol. The summed E-state index contributed by atoms with van der Waals surface area (Å²) in [7, 11) is 0. The number of halogens is 2. The zero-order chi connectivity index (χ0) is 25.1. The van der Waals surface area contributed by atoms with Crippen LogP contribution in [0, 0.1) is 0 Å². The molecule has 36 heavy (non-hydrogen) atoms. The molecule has 2 N–H and O–H groups in total. The molecule has 0 fully saturated rings. The molecule has 0 unspecified atom stereocenters. The minimum Gasteiger partial charge on any atom is -0.298 e.